The van der Waals surface area contributed by atoms with Crippen molar-refractivity contribution in [3.63, 3.8) is 0 Å². The molecule has 1 atom stereocenters. The van der Waals surface area contributed by atoms with Crippen LogP contribution in [0.5, 0.6) is 0 Å². The molecule has 8 heavy (non-hydrogen) atoms. The van der Waals surface area contributed by atoms with E-state index in [0.29, 0.717) is 6.54 Å². The van der Waals surface area contributed by atoms with Gasteiger partial charge < -0.3 is 0 Å². The number of nitrogens with zero attached hydrogens (tertiary/aromatic N) is 1. The molecule has 0 radical (unpaired) electrons. The van der Waals surface area contributed by atoms with Gasteiger partial charge in [-0.15, -0.1) is 0 Å². The number of rotatable bonds is 1. The lowest BCUT2D eigenvalue weighted by molar-refractivity contribution is 0.349. The molecule has 1 aliphatic heterocycles. The van der Waals surface area contributed by atoms with E-state index < -0.39 is 6.17 Å². The summed E-state index contributed by atoms with van der Waals surface area (Å²) in [4.78, 5) is 0. The van der Waals surface area contributed by atoms with Crippen LogP contribution in [0.25, 0.3) is 0 Å². The molecule has 0 amide bonds. The summed E-state index contributed by atoms with van der Waals surface area (Å²) >= 11 is 1.63. The minimum atomic E-state index is -0.567. The zero-order chi connectivity index (χ0) is 5.98. The number of hydrogen-bond donors (Lipinski definition) is 0. The van der Waals surface area contributed by atoms with Crippen molar-refractivity contribution in [1.82, 2.24) is 4.31 Å². The van der Waals surface area contributed by atoms with Crippen LogP contribution in [0.15, 0.2) is 0 Å². The SMILES string of the molecule is CSN1CCC(F)C1. The summed E-state index contributed by atoms with van der Waals surface area (Å²) < 4.78 is 14.4. The molecule has 0 N–H and O–H groups in total. The van der Waals surface area contributed by atoms with Crippen LogP contribution in [-0.4, -0.2) is 29.8 Å². The highest BCUT2D eigenvalue weighted by atomic mass is 32.2. The summed E-state index contributed by atoms with van der Waals surface area (Å²) in [5.41, 5.74) is 0. The molecule has 0 spiro atoms. The molecule has 0 aliphatic carbocycles. The average molecular weight is 135 g/mol. The Kier molecular flexibility index (Phi) is 2.14. The Morgan fingerprint density at radius 3 is 2.75 bits per heavy atom. The summed E-state index contributed by atoms with van der Waals surface area (Å²) in [5.74, 6) is 0. The molecular formula is C5H10FNS. The third-order valence-electron chi connectivity index (χ3n) is 1.35. The first-order chi connectivity index (χ1) is 3.83. The van der Waals surface area contributed by atoms with Crippen molar-refractivity contribution >= 4 is 11.9 Å². The van der Waals surface area contributed by atoms with Gasteiger partial charge in [0.05, 0.1) is 0 Å². The van der Waals surface area contributed by atoms with Crippen molar-refractivity contribution in [2.75, 3.05) is 19.3 Å². The highest BCUT2D eigenvalue weighted by molar-refractivity contribution is 7.96. The molecule has 1 unspecified atom stereocenters. The monoisotopic (exact) mass is 135 g/mol. The summed E-state index contributed by atoms with van der Waals surface area (Å²) in [6.45, 7) is 1.55. The van der Waals surface area contributed by atoms with E-state index in [9.17, 15) is 4.39 Å². The van der Waals surface area contributed by atoms with Crippen molar-refractivity contribution in [1.29, 1.82) is 0 Å². The maximum atomic E-state index is 12.3. The maximum Gasteiger partial charge on any atom is 0.115 e. The van der Waals surface area contributed by atoms with Crippen molar-refractivity contribution in [3.8, 4) is 0 Å². The normalized spacial score (nSPS) is 31.5. The van der Waals surface area contributed by atoms with Crippen LogP contribution >= 0.6 is 11.9 Å². The number of alkyl halides is 1. The van der Waals surface area contributed by atoms with Gasteiger partial charge >= 0.3 is 0 Å². The quantitative estimate of drug-likeness (QED) is 0.499. The minimum Gasteiger partial charge on any atom is -0.248 e. The molecule has 1 fully saturated rings. The minimum absolute atomic E-state index is 0.567. The van der Waals surface area contributed by atoms with Crippen LogP contribution in [0.1, 0.15) is 6.42 Å². The van der Waals surface area contributed by atoms with Gasteiger partial charge in [-0.25, -0.2) is 8.70 Å². The van der Waals surface area contributed by atoms with Crippen LogP contribution in [0.3, 0.4) is 0 Å². The van der Waals surface area contributed by atoms with Crippen molar-refractivity contribution < 1.29 is 4.39 Å². The smallest absolute Gasteiger partial charge is 0.115 e. The lowest BCUT2D eigenvalue weighted by atomic mass is 10.4. The van der Waals surface area contributed by atoms with Crippen LogP contribution in [0.4, 0.5) is 4.39 Å². The third kappa shape index (κ3) is 1.36. The zero-order valence-corrected chi connectivity index (χ0v) is 5.75. The molecule has 3 heteroatoms. The van der Waals surface area contributed by atoms with Gasteiger partial charge in [0.1, 0.15) is 6.17 Å². The van der Waals surface area contributed by atoms with Gasteiger partial charge in [-0.3, -0.25) is 0 Å². The fraction of sp³-hybridized carbons (Fsp3) is 1.00. The second-order valence-electron chi connectivity index (χ2n) is 1.96. The highest BCUT2D eigenvalue weighted by Crippen LogP contribution is 2.17. The van der Waals surface area contributed by atoms with Crippen molar-refractivity contribution in [3.05, 3.63) is 0 Å². The van der Waals surface area contributed by atoms with Gasteiger partial charge in [0, 0.05) is 13.1 Å². The Labute approximate surface area is 53.4 Å². The van der Waals surface area contributed by atoms with Gasteiger partial charge in [-0.1, -0.05) is 11.9 Å². The first-order valence-electron chi connectivity index (χ1n) is 2.76. The molecule has 48 valence electrons. The fourth-order valence-corrected chi connectivity index (χ4v) is 1.45. The molecule has 1 aliphatic rings. The molecule has 1 nitrogen and oxygen atoms in total. The second-order valence-corrected chi connectivity index (χ2v) is 2.84. The third-order valence-corrected chi connectivity index (χ3v) is 2.20. The standard InChI is InChI=1S/C5H10FNS/c1-8-7-3-2-5(6)4-7/h5H,2-4H2,1H3. The summed E-state index contributed by atoms with van der Waals surface area (Å²) in [6, 6.07) is 0. The largest absolute Gasteiger partial charge is 0.248 e. The first-order valence-corrected chi connectivity index (χ1v) is 3.94. The molecule has 0 bridgehead atoms. The Bertz CT molecular complexity index is 78.8. The van der Waals surface area contributed by atoms with Gasteiger partial charge in [-0.2, -0.15) is 0 Å². The van der Waals surface area contributed by atoms with Crippen LogP contribution < -0.4 is 0 Å². The van der Waals surface area contributed by atoms with Crippen LogP contribution in [-0.2, 0) is 0 Å². The summed E-state index contributed by atoms with van der Waals surface area (Å²) in [6.07, 6.45) is 2.14. The second kappa shape index (κ2) is 2.69. The molecule has 1 heterocycles. The predicted octanol–water partition coefficient (Wildman–Crippen LogP) is 1.31. The van der Waals surface area contributed by atoms with Crippen LogP contribution in [0.2, 0.25) is 0 Å². The van der Waals surface area contributed by atoms with E-state index >= 15 is 0 Å². The van der Waals surface area contributed by atoms with Gasteiger partial charge in [0.15, 0.2) is 0 Å². The molecule has 0 aromatic heterocycles. The Hall–Kier alpha value is 0.240. The Balaban J connectivity index is 2.22. The van der Waals surface area contributed by atoms with Crippen molar-refractivity contribution in [2.45, 2.75) is 12.6 Å². The van der Waals surface area contributed by atoms with E-state index in [1.54, 1.807) is 11.9 Å². The van der Waals surface area contributed by atoms with Gasteiger partial charge in [-0.05, 0) is 12.7 Å². The number of hydrogen-bond acceptors (Lipinski definition) is 2. The lowest BCUT2D eigenvalue weighted by Gasteiger charge is -2.07. The van der Waals surface area contributed by atoms with E-state index in [1.807, 2.05) is 10.6 Å². The Morgan fingerprint density at radius 2 is 2.50 bits per heavy atom. The highest BCUT2D eigenvalue weighted by Gasteiger charge is 2.20. The molecule has 0 aromatic rings. The molecule has 0 saturated carbocycles. The van der Waals surface area contributed by atoms with E-state index in [1.165, 1.54) is 0 Å². The average Bonchev–Trinajstić information content (AvgIpc) is 2.14. The van der Waals surface area contributed by atoms with E-state index in [4.69, 9.17) is 0 Å². The first kappa shape index (κ1) is 6.36. The van der Waals surface area contributed by atoms with E-state index in [0.717, 1.165) is 13.0 Å². The Morgan fingerprint density at radius 1 is 1.75 bits per heavy atom. The van der Waals surface area contributed by atoms with Gasteiger partial charge in [0.25, 0.3) is 0 Å². The predicted molar refractivity (Wildman–Crippen MR) is 34.6 cm³/mol. The van der Waals surface area contributed by atoms with Crippen molar-refractivity contribution in [2.24, 2.45) is 0 Å². The molecule has 1 saturated heterocycles. The topological polar surface area (TPSA) is 3.24 Å². The molecular weight excluding hydrogens is 125 g/mol. The van der Waals surface area contributed by atoms with Gasteiger partial charge in [0.2, 0.25) is 0 Å². The summed E-state index contributed by atoms with van der Waals surface area (Å²) in [7, 11) is 0. The lowest BCUT2D eigenvalue weighted by Crippen LogP contribution is -2.10. The maximum absolute atomic E-state index is 12.3. The zero-order valence-electron chi connectivity index (χ0n) is 4.93. The molecule has 0 aromatic carbocycles. The fourth-order valence-electron chi connectivity index (χ4n) is 0.853. The molecule has 1 rings (SSSR count). The number of halogens is 1. The summed E-state index contributed by atoms with van der Waals surface area (Å²) in [5, 5.41) is 0. The van der Waals surface area contributed by atoms with Crippen LogP contribution in [0, 0.1) is 0 Å². The van der Waals surface area contributed by atoms with E-state index in [-0.39, 0.29) is 0 Å². The van der Waals surface area contributed by atoms with E-state index in [2.05, 4.69) is 0 Å².